The molecular weight excluding hydrogens is 312 g/mol. The summed E-state index contributed by atoms with van der Waals surface area (Å²) in [5.74, 6) is 0. The number of fused-ring (bicyclic) bond motifs is 1. The van der Waals surface area contributed by atoms with E-state index in [0.29, 0.717) is 6.07 Å². The quantitative estimate of drug-likeness (QED) is 0.487. The van der Waals surface area contributed by atoms with Crippen LogP contribution in [-0.4, -0.2) is 18.3 Å². The van der Waals surface area contributed by atoms with Gasteiger partial charge in [0.05, 0.1) is 14.7 Å². The summed E-state index contributed by atoms with van der Waals surface area (Å²) in [5, 5.41) is 21.7. The molecule has 0 atom stereocenters. The van der Waals surface area contributed by atoms with Crippen LogP contribution >= 0.6 is 10.7 Å². The van der Waals surface area contributed by atoms with Crippen LogP contribution in [0.3, 0.4) is 0 Å². The van der Waals surface area contributed by atoms with E-state index < -0.39 is 35.2 Å². The molecule has 0 unspecified atom stereocenters. The molecule has 10 heteroatoms. The van der Waals surface area contributed by atoms with Crippen molar-refractivity contribution in [1.29, 1.82) is 0 Å². The maximum Gasteiger partial charge on any atom is 0.285 e. The molecule has 0 N–H and O–H groups in total. The summed E-state index contributed by atoms with van der Waals surface area (Å²) in [6, 6.07) is 5.50. The predicted octanol–water partition coefficient (Wildman–Crippen LogP) is 2.58. The summed E-state index contributed by atoms with van der Waals surface area (Å²) in [6.45, 7) is 0. The molecule has 2 aromatic carbocycles. The number of benzene rings is 2. The molecule has 0 aliphatic heterocycles. The smallest absolute Gasteiger partial charge is 0.258 e. The molecule has 8 nitrogen and oxygen atoms in total. The lowest BCUT2D eigenvalue weighted by Gasteiger charge is -2.03. The highest BCUT2D eigenvalue weighted by atomic mass is 35.7. The van der Waals surface area contributed by atoms with E-state index in [-0.39, 0.29) is 10.8 Å². The number of hydrogen-bond acceptors (Lipinski definition) is 6. The van der Waals surface area contributed by atoms with Gasteiger partial charge in [-0.25, -0.2) is 8.42 Å². The molecule has 20 heavy (non-hydrogen) atoms. The van der Waals surface area contributed by atoms with E-state index in [0.717, 1.165) is 12.1 Å². The minimum Gasteiger partial charge on any atom is -0.258 e. The lowest BCUT2D eigenvalue weighted by Crippen LogP contribution is -1.98. The molecule has 2 rings (SSSR count). The van der Waals surface area contributed by atoms with Crippen molar-refractivity contribution in [2.75, 3.05) is 0 Å². The molecule has 104 valence electrons. The van der Waals surface area contributed by atoms with Crippen LogP contribution in [0.5, 0.6) is 0 Å². The summed E-state index contributed by atoms with van der Waals surface area (Å²) in [6.07, 6.45) is 0. The van der Waals surface area contributed by atoms with Crippen molar-refractivity contribution < 1.29 is 18.3 Å². The Morgan fingerprint density at radius 3 is 2.10 bits per heavy atom. The number of rotatable bonds is 3. The Morgan fingerprint density at radius 2 is 1.60 bits per heavy atom. The number of non-ortho nitro benzene ring substituents is 2. The average molecular weight is 317 g/mol. The second-order valence-electron chi connectivity index (χ2n) is 3.77. The van der Waals surface area contributed by atoms with Crippen LogP contribution < -0.4 is 0 Å². The Morgan fingerprint density at radius 1 is 1.00 bits per heavy atom. The average Bonchev–Trinajstić information content (AvgIpc) is 2.35. The van der Waals surface area contributed by atoms with Crippen LogP contribution in [0, 0.1) is 20.2 Å². The zero-order valence-electron chi connectivity index (χ0n) is 9.52. The van der Waals surface area contributed by atoms with Crippen LogP contribution in [0.15, 0.2) is 35.2 Å². The van der Waals surface area contributed by atoms with Gasteiger partial charge in [-0.2, -0.15) is 0 Å². The lowest BCUT2D eigenvalue weighted by atomic mass is 10.1. The highest BCUT2D eigenvalue weighted by Crippen LogP contribution is 2.36. The minimum atomic E-state index is -4.19. The molecule has 2 aromatic rings. The van der Waals surface area contributed by atoms with E-state index in [1.807, 2.05) is 0 Å². The van der Waals surface area contributed by atoms with Crippen molar-refractivity contribution >= 4 is 41.9 Å². The third kappa shape index (κ3) is 2.40. The Labute approximate surface area is 116 Å². The van der Waals surface area contributed by atoms with Crippen LogP contribution in [0.1, 0.15) is 0 Å². The molecule has 0 saturated carbocycles. The number of nitro benzene ring substituents is 2. The van der Waals surface area contributed by atoms with Gasteiger partial charge in [0.15, 0.2) is 0 Å². The van der Waals surface area contributed by atoms with E-state index >= 15 is 0 Å². The van der Waals surface area contributed by atoms with Crippen LogP contribution in [-0.2, 0) is 9.05 Å². The third-order valence-electron chi connectivity index (χ3n) is 2.58. The molecule has 0 saturated heterocycles. The van der Waals surface area contributed by atoms with Crippen molar-refractivity contribution in [2.45, 2.75) is 4.90 Å². The molecule has 0 aromatic heterocycles. The maximum atomic E-state index is 11.3. The van der Waals surface area contributed by atoms with Gasteiger partial charge >= 0.3 is 0 Å². The second kappa shape index (κ2) is 4.69. The fraction of sp³-hybridized carbons (Fsp3) is 0. The van der Waals surface area contributed by atoms with Crippen LogP contribution in [0.4, 0.5) is 11.4 Å². The number of hydrogen-bond donors (Lipinski definition) is 0. The van der Waals surface area contributed by atoms with Crippen LogP contribution in [0.25, 0.3) is 10.8 Å². The lowest BCUT2D eigenvalue weighted by molar-refractivity contribution is -0.390. The predicted molar refractivity (Wildman–Crippen MR) is 70.3 cm³/mol. The maximum absolute atomic E-state index is 11.3. The van der Waals surface area contributed by atoms with Crippen molar-refractivity contribution in [3.05, 3.63) is 50.6 Å². The Bertz CT molecular complexity index is 848. The summed E-state index contributed by atoms with van der Waals surface area (Å²) >= 11 is 0. The van der Waals surface area contributed by atoms with Gasteiger partial charge in [0.2, 0.25) is 0 Å². The fourth-order valence-electron chi connectivity index (χ4n) is 1.80. The monoisotopic (exact) mass is 316 g/mol. The van der Waals surface area contributed by atoms with Gasteiger partial charge in [0.1, 0.15) is 5.39 Å². The van der Waals surface area contributed by atoms with Gasteiger partial charge in [-0.3, -0.25) is 20.2 Å². The first-order valence-electron chi connectivity index (χ1n) is 5.02. The SMILES string of the molecule is O=[N+]([O-])c1cccc2cc(S(=O)(=O)Cl)cc([N+](=O)[O-])c12. The molecule has 0 aliphatic carbocycles. The van der Waals surface area contributed by atoms with Crippen molar-refractivity contribution in [3.63, 3.8) is 0 Å². The first kappa shape index (κ1) is 14.2. The van der Waals surface area contributed by atoms with Gasteiger partial charge in [-0.15, -0.1) is 0 Å². The molecule has 0 fully saturated rings. The first-order chi connectivity index (χ1) is 9.21. The molecule has 0 aliphatic rings. The molecule has 0 heterocycles. The van der Waals surface area contributed by atoms with E-state index in [1.54, 1.807) is 0 Å². The van der Waals surface area contributed by atoms with Gasteiger partial charge in [0, 0.05) is 22.8 Å². The molecule has 0 bridgehead atoms. The molecule has 0 amide bonds. The largest absolute Gasteiger partial charge is 0.285 e. The van der Waals surface area contributed by atoms with Crippen molar-refractivity contribution in [1.82, 2.24) is 0 Å². The summed E-state index contributed by atoms with van der Waals surface area (Å²) in [7, 11) is 0.968. The molecule has 0 spiro atoms. The van der Waals surface area contributed by atoms with E-state index in [9.17, 15) is 28.6 Å². The van der Waals surface area contributed by atoms with Crippen LogP contribution in [0.2, 0.25) is 0 Å². The summed E-state index contributed by atoms with van der Waals surface area (Å²) in [5.41, 5.74) is -1.17. The highest BCUT2D eigenvalue weighted by Gasteiger charge is 2.25. The number of nitrogens with zero attached hydrogens (tertiary/aromatic N) is 2. The minimum absolute atomic E-state index is 0.0487. The van der Waals surface area contributed by atoms with Crippen molar-refractivity contribution in [3.8, 4) is 0 Å². The zero-order chi connectivity index (χ0) is 15.1. The zero-order valence-corrected chi connectivity index (χ0v) is 11.1. The Hall–Kier alpha value is -2.26. The Kier molecular flexibility index (Phi) is 3.32. The summed E-state index contributed by atoms with van der Waals surface area (Å²) in [4.78, 5) is 19.8. The number of halogens is 1. The molecular formula is C10H5ClN2O6S. The normalized spacial score (nSPS) is 11.4. The first-order valence-corrected chi connectivity index (χ1v) is 7.33. The standard InChI is InChI=1S/C10H5ClN2O6S/c11-20(18,19)7-4-6-2-1-3-8(12(14)15)10(6)9(5-7)13(16)17/h1-5H. The van der Waals surface area contributed by atoms with Gasteiger partial charge in [-0.1, -0.05) is 12.1 Å². The van der Waals surface area contributed by atoms with E-state index in [4.69, 9.17) is 10.7 Å². The van der Waals surface area contributed by atoms with Gasteiger partial charge < -0.3 is 0 Å². The van der Waals surface area contributed by atoms with Gasteiger partial charge in [0.25, 0.3) is 20.4 Å². The van der Waals surface area contributed by atoms with Crippen molar-refractivity contribution in [2.24, 2.45) is 0 Å². The highest BCUT2D eigenvalue weighted by molar-refractivity contribution is 8.13. The fourth-order valence-corrected chi connectivity index (χ4v) is 2.58. The number of nitro groups is 2. The second-order valence-corrected chi connectivity index (χ2v) is 6.34. The summed E-state index contributed by atoms with van der Waals surface area (Å²) < 4.78 is 22.6. The van der Waals surface area contributed by atoms with E-state index in [1.165, 1.54) is 12.1 Å². The Balaban J connectivity index is 3.01. The molecule has 0 radical (unpaired) electrons. The van der Waals surface area contributed by atoms with E-state index in [2.05, 4.69) is 0 Å². The third-order valence-corrected chi connectivity index (χ3v) is 3.92. The topological polar surface area (TPSA) is 120 Å². The van der Waals surface area contributed by atoms with Gasteiger partial charge in [-0.05, 0) is 11.5 Å².